The third kappa shape index (κ3) is 5.80. The number of carbonyl (C=O) groups is 2. The number of methoxy groups -OCH3 is 3. The molecule has 170 valence electrons. The molecule has 0 aromatic heterocycles. The van der Waals surface area contributed by atoms with Gasteiger partial charge in [-0.3, -0.25) is 15.0 Å². The summed E-state index contributed by atoms with van der Waals surface area (Å²) in [5.41, 5.74) is 6.45. The zero-order chi connectivity index (χ0) is 23.7. The number of rotatable bonds is 10. The van der Waals surface area contributed by atoms with Gasteiger partial charge in [-0.1, -0.05) is 0 Å². The van der Waals surface area contributed by atoms with Crippen molar-refractivity contribution >= 4 is 17.5 Å². The Kier molecular flexibility index (Phi) is 8.68. The van der Waals surface area contributed by atoms with E-state index in [9.17, 15) is 14.9 Å². The SMILES string of the molecule is CCOc1cc(NC(C)=O)ccc1C(=O)NN[C@@H](C#N)c1cc(OC)c(OC)c(OC)c1. The molecule has 0 unspecified atom stereocenters. The van der Waals surface area contributed by atoms with Gasteiger partial charge >= 0.3 is 0 Å². The van der Waals surface area contributed by atoms with Crippen LogP contribution in [0, 0.1) is 11.3 Å². The molecule has 0 aliphatic carbocycles. The lowest BCUT2D eigenvalue weighted by Crippen LogP contribution is -2.39. The molecule has 0 fully saturated rings. The van der Waals surface area contributed by atoms with Crippen molar-refractivity contribution in [2.75, 3.05) is 33.3 Å². The number of nitrogens with zero attached hydrogens (tertiary/aromatic N) is 1. The molecule has 0 bridgehead atoms. The van der Waals surface area contributed by atoms with Crippen LogP contribution in [0.15, 0.2) is 30.3 Å². The van der Waals surface area contributed by atoms with E-state index in [0.29, 0.717) is 40.9 Å². The minimum atomic E-state index is -0.915. The molecule has 0 radical (unpaired) electrons. The number of nitrogens with one attached hydrogen (secondary N) is 3. The number of hydrogen-bond donors (Lipinski definition) is 3. The lowest BCUT2D eigenvalue weighted by Gasteiger charge is -2.18. The Morgan fingerprint density at radius 3 is 2.19 bits per heavy atom. The highest BCUT2D eigenvalue weighted by atomic mass is 16.5. The Morgan fingerprint density at radius 1 is 1.03 bits per heavy atom. The van der Waals surface area contributed by atoms with Crippen molar-refractivity contribution < 1.29 is 28.5 Å². The number of benzene rings is 2. The molecule has 2 amide bonds. The molecular formula is C22H26N4O6. The molecule has 3 N–H and O–H groups in total. The largest absolute Gasteiger partial charge is 0.493 e. The third-order valence-corrected chi connectivity index (χ3v) is 4.33. The van der Waals surface area contributed by atoms with Crippen LogP contribution >= 0.6 is 0 Å². The summed E-state index contributed by atoms with van der Waals surface area (Å²) in [6.07, 6.45) is 0. The second-order valence-corrected chi connectivity index (χ2v) is 6.44. The molecule has 0 spiro atoms. The first-order chi connectivity index (χ1) is 15.4. The number of ether oxygens (including phenoxy) is 4. The van der Waals surface area contributed by atoms with E-state index in [2.05, 4.69) is 22.2 Å². The van der Waals surface area contributed by atoms with E-state index in [1.807, 2.05) is 0 Å². The van der Waals surface area contributed by atoms with Crippen LogP contribution in [0.5, 0.6) is 23.0 Å². The van der Waals surface area contributed by atoms with E-state index in [-0.39, 0.29) is 11.5 Å². The van der Waals surface area contributed by atoms with Gasteiger partial charge in [0.05, 0.1) is 39.6 Å². The van der Waals surface area contributed by atoms with Gasteiger partial charge in [0.25, 0.3) is 5.91 Å². The number of amides is 2. The molecule has 0 aliphatic rings. The monoisotopic (exact) mass is 442 g/mol. The second kappa shape index (κ2) is 11.4. The molecule has 2 aromatic carbocycles. The average molecular weight is 442 g/mol. The molecule has 0 aliphatic heterocycles. The van der Waals surface area contributed by atoms with Gasteiger partial charge in [-0.2, -0.15) is 5.26 Å². The zero-order valence-electron chi connectivity index (χ0n) is 18.6. The summed E-state index contributed by atoms with van der Waals surface area (Å²) in [5, 5.41) is 12.3. The summed E-state index contributed by atoms with van der Waals surface area (Å²) in [6, 6.07) is 9.05. The first kappa shape index (κ1) is 24.3. The number of nitriles is 1. The van der Waals surface area contributed by atoms with E-state index in [4.69, 9.17) is 18.9 Å². The Balaban J connectivity index is 2.24. The van der Waals surface area contributed by atoms with E-state index >= 15 is 0 Å². The smallest absolute Gasteiger partial charge is 0.269 e. The molecule has 2 rings (SSSR count). The van der Waals surface area contributed by atoms with E-state index in [1.165, 1.54) is 34.3 Å². The van der Waals surface area contributed by atoms with Crippen molar-refractivity contribution in [2.45, 2.75) is 19.9 Å². The third-order valence-electron chi connectivity index (χ3n) is 4.33. The Bertz CT molecular complexity index is 993. The van der Waals surface area contributed by atoms with Crippen molar-refractivity contribution in [3.63, 3.8) is 0 Å². The van der Waals surface area contributed by atoms with Gasteiger partial charge in [0, 0.05) is 18.7 Å². The predicted molar refractivity (Wildman–Crippen MR) is 117 cm³/mol. The minimum Gasteiger partial charge on any atom is -0.493 e. The highest BCUT2D eigenvalue weighted by Crippen LogP contribution is 2.39. The number of hydrazine groups is 1. The fourth-order valence-electron chi connectivity index (χ4n) is 2.93. The summed E-state index contributed by atoms with van der Waals surface area (Å²) in [5.74, 6) is 0.674. The van der Waals surface area contributed by atoms with Crippen LogP contribution < -0.4 is 35.1 Å². The average Bonchev–Trinajstić information content (AvgIpc) is 2.78. The van der Waals surface area contributed by atoms with E-state index < -0.39 is 11.9 Å². The van der Waals surface area contributed by atoms with Gasteiger partial charge in [-0.05, 0) is 36.8 Å². The fourth-order valence-corrected chi connectivity index (χ4v) is 2.93. The van der Waals surface area contributed by atoms with Gasteiger partial charge in [0.2, 0.25) is 11.7 Å². The van der Waals surface area contributed by atoms with E-state index in [1.54, 1.807) is 31.2 Å². The fraction of sp³-hybridized carbons (Fsp3) is 0.318. The Hall–Kier alpha value is -3.97. The van der Waals surface area contributed by atoms with Crippen molar-refractivity contribution in [3.8, 4) is 29.1 Å². The minimum absolute atomic E-state index is 0.232. The van der Waals surface area contributed by atoms with Crippen LogP contribution in [0.4, 0.5) is 5.69 Å². The van der Waals surface area contributed by atoms with Crippen molar-refractivity contribution in [1.82, 2.24) is 10.9 Å². The molecule has 0 heterocycles. The molecule has 10 heteroatoms. The van der Waals surface area contributed by atoms with Crippen LogP contribution in [0.25, 0.3) is 0 Å². The number of anilines is 1. The van der Waals surface area contributed by atoms with Gasteiger partial charge < -0.3 is 24.3 Å². The van der Waals surface area contributed by atoms with Crippen LogP contribution in [0.2, 0.25) is 0 Å². The summed E-state index contributed by atoms with van der Waals surface area (Å²) < 4.78 is 21.5. The maximum atomic E-state index is 12.8. The van der Waals surface area contributed by atoms with Crippen molar-refractivity contribution in [2.24, 2.45) is 0 Å². The standard InChI is InChI=1S/C22H26N4O6/c1-6-32-18-11-15(24-13(2)27)7-8-16(18)22(28)26-25-17(12-23)14-9-19(29-3)21(31-5)20(10-14)30-4/h7-11,17,25H,6H2,1-5H3,(H,24,27)(H,26,28)/t17-/m0/s1. The predicted octanol–water partition coefficient (Wildman–Crippen LogP) is 2.57. The highest BCUT2D eigenvalue weighted by molar-refractivity contribution is 5.98. The summed E-state index contributed by atoms with van der Waals surface area (Å²) in [6.45, 7) is 3.49. The molecule has 10 nitrogen and oxygen atoms in total. The molecule has 0 saturated carbocycles. The zero-order valence-corrected chi connectivity index (χ0v) is 18.6. The molecule has 0 saturated heterocycles. The van der Waals surface area contributed by atoms with Gasteiger partial charge in [0.1, 0.15) is 11.8 Å². The first-order valence-electron chi connectivity index (χ1n) is 9.68. The number of hydrogen-bond acceptors (Lipinski definition) is 8. The maximum absolute atomic E-state index is 12.8. The quantitative estimate of drug-likeness (QED) is 0.479. The van der Waals surface area contributed by atoms with Gasteiger partial charge in [0.15, 0.2) is 11.5 Å². The maximum Gasteiger partial charge on any atom is 0.269 e. The Labute approximate surface area is 186 Å². The number of carbonyl (C=O) groups excluding carboxylic acids is 2. The van der Waals surface area contributed by atoms with Crippen LogP contribution in [0.3, 0.4) is 0 Å². The lowest BCUT2D eigenvalue weighted by atomic mass is 10.1. The van der Waals surface area contributed by atoms with Crippen molar-refractivity contribution in [3.05, 3.63) is 41.5 Å². The van der Waals surface area contributed by atoms with Crippen LogP contribution in [-0.4, -0.2) is 39.8 Å². The lowest BCUT2D eigenvalue weighted by molar-refractivity contribution is -0.114. The van der Waals surface area contributed by atoms with E-state index in [0.717, 1.165) is 0 Å². The highest BCUT2D eigenvalue weighted by Gasteiger charge is 2.20. The summed E-state index contributed by atoms with van der Waals surface area (Å²) in [7, 11) is 4.42. The van der Waals surface area contributed by atoms with Crippen LogP contribution in [0.1, 0.15) is 35.8 Å². The van der Waals surface area contributed by atoms with Crippen molar-refractivity contribution in [1.29, 1.82) is 5.26 Å². The molecule has 32 heavy (non-hydrogen) atoms. The Morgan fingerprint density at radius 2 is 1.69 bits per heavy atom. The molecule has 1 atom stereocenters. The topological polar surface area (TPSA) is 131 Å². The first-order valence-corrected chi connectivity index (χ1v) is 9.68. The van der Waals surface area contributed by atoms with Gasteiger partial charge in [-0.25, -0.2) is 5.43 Å². The molecular weight excluding hydrogens is 416 g/mol. The van der Waals surface area contributed by atoms with Crippen LogP contribution in [-0.2, 0) is 4.79 Å². The normalized spacial score (nSPS) is 11.0. The summed E-state index contributed by atoms with van der Waals surface area (Å²) in [4.78, 5) is 24.0. The van der Waals surface area contributed by atoms with Gasteiger partial charge in [-0.15, -0.1) is 0 Å². The summed E-state index contributed by atoms with van der Waals surface area (Å²) >= 11 is 0. The molecule has 2 aromatic rings. The second-order valence-electron chi connectivity index (χ2n) is 6.44.